The zero-order valence-electron chi connectivity index (χ0n) is 9.15. The van der Waals surface area contributed by atoms with Crippen LogP contribution in [0.3, 0.4) is 0 Å². The van der Waals surface area contributed by atoms with E-state index >= 15 is 0 Å². The van der Waals surface area contributed by atoms with Gasteiger partial charge in [-0.15, -0.1) is 0 Å². The fraction of sp³-hybridized carbons (Fsp3) is 0.455. The van der Waals surface area contributed by atoms with E-state index < -0.39 is 23.4 Å². The molecule has 0 saturated carbocycles. The molecule has 0 heterocycles. The minimum Gasteiger partial charge on any atom is -0.508 e. The molecule has 0 aliphatic carbocycles. The first-order valence-corrected chi connectivity index (χ1v) is 4.85. The van der Waals surface area contributed by atoms with Crippen molar-refractivity contribution in [3.05, 3.63) is 29.3 Å². The summed E-state index contributed by atoms with van der Waals surface area (Å²) < 4.78 is 62.1. The van der Waals surface area contributed by atoms with Crippen molar-refractivity contribution < 1.29 is 27.1 Å². The summed E-state index contributed by atoms with van der Waals surface area (Å²) in [6.07, 6.45) is -5.67. The molecule has 0 saturated heterocycles. The van der Waals surface area contributed by atoms with E-state index in [1.807, 2.05) is 0 Å². The lowest BCUT2D eigenvalue weighted by Crippen LogP contribution is -2.33. The lowest BCUT2D eigenvalue weighted by Gasteiger charge is -2.20. The van der Waals surface area contributed by atoms with Gasteiger partial charge in [0.15, 0.2) is 0 Å². The lowest BCUT2D eigenvalue weighted by atomic mass is 9.98. The first-order chi connectivity index (χ1) is 7.57. The van der Waals surface area contributed by atoms with E-state index in [2.05, 4.69) is 0 Å². The molecule has 0 atom stereocenters. The molecule has 0 amide bonds. The highest BCUT2D eigenvalue weighted by Gasteiger charge is 2.58. The van der Waals surface area contributed by atoms with Gasteiger partial charge in [0, 0.05) is 5.56 Å². The van der Waals surface area contributed by atoms with Crippen molar-refractivity contribution in [3.8, 4) is 5.75 Å². The van der Waals surface area contributed by atoms with Crippen molar-refractivity contribution >= 4 is 0 Å². The number of phenolic OH excluding ortho intramolecular Hbond substituents is 1. The van der Waals surface area contributed by atoms with Gasteiger partial charge in [-0.2, -0.15) is 22.0 Å². The Morgan fingerprint density at radius 3 is 1.94 bits per heavy atom. The molecule has 6 heteroatoms. The third kappa shape index (κ3) is 2.50. The highest BCUT2D eigenvalue weighted by atomic mass is 19.4. The Labute approximate surface area is 94.9 Å². The third-order valence-corrected chi connectivity index (χ3v) is 2.37. The molecule has 96 valence electrons. The molecular formula is C11H11F5O. The summed E-state index contributed by atoms with van der Waals surface area (Å²) in [4.78, 5) is 0. The molecule has 0 aromatic heterocycles. The van der Waals surface area contributed by atoms with Crippen molar-refractivity contribution in [2.75, 3.05) is 0 Å². The molecule has 0 aliphatic rings. The van der Waals surface area contributed by atoms with E-state index in [1.54, 1.807) is 13.8 Å². The topological polar surface area (TPSA) is 20.2 Å². The number of alkyl halides is 5. The monoisotopic (exact) mass is 254 g/mol. The van der Waals surface area contributed by atoms with E-state index in [0.717, 1.165) is 6.07 Å². The molecule has 0 fully saturated rings. The molecule has 1 rings (SSSR count). The number of halogens is 5. The SMILES string of the molecule is CC(C)c1ccc(C(F)(F)C(F)(F)F)cc1O. The summed E-state index contributed by atoms with van der Waals surface area (Å²) in [5, 5.41) is 9.39. The highest BCUT2D eigenvalue weighted by Crippen LogP contribution is 2.45. The minimum atomic E-state index is -5.67. The Kier molecular flexibility index (Phi) is 3.36. The molecule has 1 nitrogen and oxygen atoms in total. The summed E-state index contributed by atoms with van der Waals surface area (Å²) in [7, 11) is 0. The van der Waals surface area contributed by atoms with Crippen molar-refractivity contribution in [3.63, 3.8) is 0 Å². The van der Waals surface area contributed by atoms with E-state index in [-0.39, 0.29) is 5.92 Å². The predicted octanol–water partition coefficient (Wildman–Crippen LogP) is 4.17. The van der Waals surface area contributed by atoms with Gasteiger partial charge in [-0.1, -0.05) is 26.0 Å². The number of hydrogen-bond donors (Lipinski definition) is 1. The second kappa shape index (κ2) is 4.16. The second-order valence-corrected chi connectivity index (χ2v) is 4.00. The second-order valence-electron chi connectivity index (χ2n) is 4.00. The fourth-order valence-electron chi connectivity index (χ4n) is 1.39. The van der Waals surface area contributed by atoms with Crippen LogP contribution in [0.25, 0.3) is 0 Å². The first kappa shape index (κ1) is 13.7. The number of phenols is 1. The van der Waals surface area contributed by atoms with Gasteiger partial charge in [0.05, 0.1) is 0 Å². The van der Waals surface area contributed by atoms with Crippen molar-refractivity contribution in [2.24, 2.45) is 0 Å². The van der Waals surface area contributed by atoms with Crippen LogP contribution in [0.15, 0.2) is 18.2 Å². The van der Waals surface area contributed by atoms with E-state index in [1.165, 1.54) is 0 Å². The van der Waals surface area contributed by atoms with Crippen LogP contribution in [-0.2, 0) is 5.92 Å². The summed E-state index contributed by atoms with van der Waals surface area (Å²) >= 11 is 0. The molecule has 1 aromatic rings. The maximum Gasteiger partial charge on any atom is 0.458 e. The van der Waals surface area contributed by atoms with Gasteiger partial charge >= 0.3 is 12.1 Å². The number of rotatable bonds is 2. The van der Waals surface area contributed by atoms with Crippen LogP contribution in [0.5, 0.6) is 5.75 Å². The van der Waals surface area contributed by atoms with E-state index in [9.17, 15) is 27.1 Å². The quantitative estimate of drug-likeness (QED) is 0.785. The van der Waals surface area contributed by atoms with Crippen LogP contribution >= 0.6 is 0 Å². The molecular weight excluding hydrogens is 243 g/mol. The van der Waals surface area contributed by atoms with Crippen LogP contribution in [0.2, 0.25) is 0 Å². The third-order valence-electron chi connectivity index (χ3n) is 2.37. The summed E-state index contributed by atoms with van der Waals surface area (Å²) in [5.74, 6) is -5.68. The normalized spacial score (nSPS) is 13.2. The molecule has 0 radical (unpaired) electrons. The fourth-order valence-corrected chi connectivity index (χ4v) is 1.39. The molecule has 0 unspecified atom stereocenters. The zero-order chi connectivity index (χ0) is 13.4. The Bertz CT molecular complexity index is 409. The Hall–Kier alpha value is -1.33. The highest BCUT2D eigenvalue weighted by molar-refractivity contribution is 5.40. The van der Waals surface area contributed by atoms with Crippen LogP contribution < -0.4 is 0 Å². The summed E-state index contributed by atoms with van der Waals surface area (Å²) in [6, 6.07) is 2.22. The maximum atomic E-state index is 12.9. The number of benzene rings is 1. The molecule has 1 aromatic carbocycles. The van der Waals surface area contributed by atoms with Gasteiger partial charge in [-0.3, -0.25) is 0 Å². The van der Waals surface area contributed by atoms with Crippen LogP contribution in [0, 0.1) is 0 Å². The summed E-state index contributed by atoms with van der Waals surface area (Å²) in [6.45, 7) is 3.38. The molecule has 0 bridgehead atoms. The van der Waals surface area contributed by atoms with Crippen LogP contribution in [0.1, 0.15) is 30.9 Å². The Balaban J connectivity index is 3.23. The largest absolute Gasteiger partial charge is 0.508 e. The predicted molar refractivity (Wildman–Crippen MR) is 52.1 cm³/mol. The molecule has 0 spiro atoms. The van der Waals surface area contributed by atoms with Gasteiger partial charge in [0.25, 0.3) is 0 Å². The Morgan fingerprint density at radius 1 is 1.06 bits per heavy atom. The number of hydrogen-bond acceptors (Lipinski definition) is 1. The molecule has 17 heavy (non-hydrogen) atoms. The van der Waals surface area contributed by atoms with E-state index in [4.69, 9.17) is 0 Å². The van der Waals surface area contributed by atoms with Gasteiger partial charge in [-0.05, 0) is 17.5 Å². The van der Waals surface area contributed by atoms with Gasteiger partial charge in [-0.25, -0.2) is 0 Å². The average molecular weight is 254 g/mol. The average Bonchev–Trinajstić information content (AvgIpc) is 2.14. The minimum absolute atomic E-state index is 0.163. The number of aromatic hydroxyl groups is 1. The maximum absolute atomic E-state index is 12.9. The van der Waals surface area contributed by atoms with Gasteiger partial charge < -0.3 is 5.11 Å². The van der Waals surface area contributed by atoms with Crippen molar-refractivity contribution in [2.45, 2.75) is 31.9 Å². The van der Waals surface area contributed by atoms with Crippen molar-refractivity contribution in [1.82, 2.24) is 0 Å². The lowest BCUT2D eigenvalue weighted by molar-refractivity contribution is -0.289. The van der Waals surface area contributed by atoms with Crippen LogP contribution in [-0.4, -0.2) is 11.3 Å². The first-order valence-electron chi connectivity index (χ1n) is 4.85. The molecule has 0 aliphatic heterocycles. The van der Waals surface area contributed by atoms with Gasteiger partial charge in [0.1, 0.15) is 5.75 Å². The van der Waals surface area contributed by atoms with E-state index in [0.29, 0.717) is 17.7 Å². The van der Waals surface area contributed by atoms with Gasteiger partial charge in [0.2, 0.25) is 0 Å². The standard InChI is InChI=1S/C11H11F5O/c1-6(2)8-4-3-7(5-9(8)17)10(12,13)11(14,15)16/h3-6,17H,1-2H3. The smallest absolute Gasteiger partial charge is 0.458 e. The summed E-state index contributed by atoms with van der Waals surface area (Å²) in [5.41, 5.74) is -0.932. The van der Waals surface area contributed by atoms with Crippen LogP contribution in [0.4, 0.5) is 22.0 Å². The molecule has 1 N–H and O–H groups in total. The Morgan fingerprint density at radius 2 is 1.59 bits per heavy atom. The van der Waals surface area contributed by atoms with Crippen molar-refractivity contribution in [1.29, 1.82) is 0 Å². The zero-order valence-corrected chi connectivity index (χ0v) is 9.15.